The predicted molar refractivity (Wildman–Crippen MR) is 73.3 cm³/mol. The van der Waals surface area contributed by atoms with Gasteiger partial charge in [-0.05, 0) is 37.8 Å². The van der Waals surface area contributed by atoms with Crippen molar-refractivity contribution in [2.75, 3.05) is 26.3 Å². The Labute approximate surface area is 105 Å². The van der Waals surface area contributed by atoms with E-state index in [-0.39, 0.29) is 0 Å². The van der Waals surface area contributed by atoms with E-state index >= 15 is 0 Å². The van der Waals surface area contributed by atoms with Crippen molar-refractivity contribution < 1.29 is 4.74 Å². The van der Waals surface area contributed by atoms with E-state index in [0.717, 1.165) is 32.7 Å². The summed E-state index contributed by atoms with van der Waals surface area (Å²) in [5.74, 6) is 0.573. The van der Waals surface area contributed by atoms with Crippen LogP contribution >= 0.6 is 0 Å². The fraction of sp³-hybridized carbons (Fsp3) is 0.600. The van der Waals surface area contributed by atoms with Crippen LogP contribution in [0.5, 0.6) is 0 Å². The summed E-state index contributed by atoms with van der Waals surface area (Å²) in [4.78, 5) is 0. The largest absolute Gasteiger partial charge is 0.381 e. The maximum Gasteiger partial charge on any atom is 0.0509 e. The zero-order chi connectivity index (χ0) is 12.3. The average molecular weight is 235 g/mol. The van der Waals surface area contributed by atoms with Gasteiger partial charge in [-0.25, -0.2) is 0 Å². The van der Waals surface area contributed by atoms with Crippen LogP contribution in [0.15, 0.2) is 30.3 Å². The summed E-state index contributed by atoms with van der Waals surface area (Å²) in [6.07, 6.45) is 2.28. The Morgan fingerprint density at radius 3 is 2.59 bits per heavy atom. The first-order valence-corrected chi connectivity index (χ1v) is 6.69. The van der Waals surface area contributed by atoms with Gasteiger partial charge in [0.15, 0.2) is 0 Å². The highest BCUT2D eigenvalue weighted by molar-refractivity contribution is 5.15. The van der Waals surface area contributed by atoms with Gasteiger partial charge >= 0.3 is 0 Å². The van der Waals surface area contributed by atoms with Crippen LogP contribution in [0.25, 0.3) is 0 Å². The maximum atomic E-state index is 5.56. The highest BCUT2D eigenvalue weighted by Gasteiger charge is 2.09. The molecule has 0 bridgehead atoms. The molecule has 0 aliphatic carbocycles. The van der Waals surface area contributed by atoms with Crippen molar-refractivity contribution in [3.8, 4) is 0 Å². The van der Waals surface area contributed by atoms with Gasteiger partial charge in [0.25, 0.3) is 0 Å². The lowest BCUT2D eigenvalue weighted by molar-refractivity contribution is 0.110. The molecule has 1 rings (SSSR count). The molecule has 17 heavy (non-hydrogen) atoms. The Bertz CT molecular complexity index is 274. The van der Waals surface area contributed by atoms with Crippen LogP contribution in [0.2, 0.25) is 0 Å². The first-order chi connectivity index (χ1) is 8.36. The van der Waals surface area contributed by atoms with E-state index in [1.807, 2.05) is 0 Å². The molecule has 1 N–H and O–H groups in total. The van der Waals surface area contributed by atoms with Crippen LogP contribution < -0.4 is 5.32 Å². The van der Waals surface area contributed by atoms with Crippen LogP contribution in [0.1, 0.15) is 25.8 Å². The van der Waals surface area contributed by atoms with Gasteiger partial charge in [-0.15, -0.1) is 0 Å². The number of rotatable bonds is 9. The summed E-state index contributed by atoms with van der Waals surface area (Å²) in [6.45, 7) is 8.04. The molecule has 1 unspecified atom stereocenters. The van der Waals surface area contributed by atoms with E-state index in [0.29, 0.717) is 5.92 Å². The average Bonchev–Trinajstić information content (AvgIpc) is 2.37. The van der Waals surface area contributed by atoms with Crippen molar-refractivity contribution in [2.24, 2.45) is 5.92 Å². The summed E-state index contributed by atoms with van der Waals surface area (Å²) in [5.41, 5.74) is 1.40. The third-order valence-corrected chi connectivity index (χ3v) is 2.78. The SMILES string of the molecule is CCCNCC(COCC)Cc1ccccc1. The van der Waals surface area contributed by atoms with E-state index < -0.39 is 0 Å². The summed E-state index contributed by atoms with van der Waals surface area (Å²) in [6, 6.07) is 10.7. The summed E-state index contributed by atoms with van der Waals surface area (Å²) in [7, 11) is 0. The second-order valence-electron chi connectivity index (χ2n) is 4.42. The molecule has 0 amide bonds. The lowest BCUT2D eigenvalue weighted by Crippen LogP contribution is -2.28. The highest BCUT2D eigenvalue weighted by Crippen LogP contribution is 2.08. The predicted octanol–water partition coefficient (Wildman–Crippen LogP) is 2.88. The summed E-state index contributed by atoms with van der Waals surface area (Å²) >= 11 is 0. The highest BCUT2D eigenvalue weighted by atomic mass is 16.5. The molecular weight excluding hydrogens is 210 g/mol. The fourth-order valence-corrected chi connectivity index (χ4v) is 1.90. The van der Waals surface area contributed by atoms with E-state index in [4.69, 9.17) is 4.74 Å². The molecule has 0 aliphatic rings. The molecule has 0 aromatic heterocycles. The van der Waals surface area contributed by atoms with E-state index in [9.17, 15) is 0 Å². The Balaban J connectivity index is 2.39. The second kappa shape index (κ2) is 9.20. The maximum absolute atomic E-state index is 5.56. The molecule has 96 valence electrons. The molecule has 1 aromatic rings. The Morgan fingerprint density at radius 2 is 1.94 bits per heavy atom. The van der Waals surface area contributed by atoms with E-state index in [1.165, 1.54) is 12.0 Å². The van der Waals surface area contributed by atoms with Crippen molar-refractivity contribution in [3.63, 3.8) is 0 Å². The molecule has 0 spiro atoms. The normalized spacial score (nSPS) is 12.6. The van der Waals surface area contributed by atoms with E-state index in [2.05, 4.69) is 49.5 Å². The number of ether oxygens (including phenoxy) is 1. The molecule has 0 radical (unpaired) electrons. The third kappa shape index (κ3) is 6.44. The number of hydrogen-bond acceptors (Lipinski definition) is 2. The standard InChI is InChI=1S/C15H25NO/c1-3-10-16-12-15(13-17-4-2)11-14-8-6-5-7-9-14/h5-9,15-16H,3-4,10-13H2,1-2H3. The van der Waals surface area contributed by atoms with Crippen LogP contribution in [-0.4, -0.2) is 26.3 Å². The van der Waals surface area contributed by atoms with Crippen molar-refractivity contribution in [2.45, 2.75) is 26.7 Å². The summed E-state index contributed by atoms with van der Waals surface area (Å²) in [5, 5.41) is 3.48. The van der Waals surface area contributed by atoms with Gasteiger partial charge in [0.1, 0.15) is 0 Å². The molecular formula is C15H25NO. The van der Waals surface area contributed by atoms with Gasteiger partial charge in [-0.2, -0.15) is 0 Å². The first-order valence-electron chi connectivity index (χ1n) is 6.69. The Morgan fingerprint density at radius 1 is 1.18 bits per heavy atom. The van der Waals surface area contributed by atoms with Gasteiger partial charge in [0.2, 0.25) is 0 Å². The fourth-order valence-electron chi connectivity index (χ4n) is 1.90. The lowest BCUT2D eigenvalue weighted by Gasteiger charge is -2.17. The van der Waals surface area contributed by atoms with Crippen molar-refractivity contribution in [3.05, 3.63) is 35.9 Å². The molecule has 2 nitrogen and oxygen atoms in total. The summed E-state index contributed by atoms with van der Waals surface area (Å²) < 4.78 is 5.56. The first kappa shape index (κ1) is 14.2. The number of nitrogens with one attached hydrogen (secondary N) is 1. The molecule has 0 fully saturated rings. The third-order valence-electron chi connectivity index (χ3n) is 2.78. The van der Waals surface area contributed by atoms with Crippen molar-refractivity contribution in [1.29, 1.82) is 0 Å². The number of hydrogen-bond donors (Lipinski definition) is 1. The van der Waals surface area contributed by atoms with Gasteiger partial charge in [0.05, 0.1) is 6.61 Å². The molecule has 2 heteroatoms. The Hall–Kier alpha value is -0.860. The van der Waals surface area contributed by atoms with Crippen LogP contribution in [0.3, 0.4) is 0 Å². The zero-order valence-electron chi connectivity index (χ0n) is 11.1. The van der Waals surface area contributed by atoms with Gasteiger partial charge in [-0.3, -0.25) is 0 Å². The van der Waals surface area contributed by atoms with Gasteiger partial charge in [-0.1, -0.05) is 37.3 Å². The quantitative estimate of drug-likeness (QED) is 0.665. The van der Waals surface area contributed by atoms with E-state index in [1.54, 1.807) is 0 Å². The van der Waals surface area contributed by atoms with Crippen LogP contribution in [0.4, 0.5) is 0 Å². The lowest BCUT2D eigenvalue weighted by atomic mass is 10.00. The topological polar surface area (TPSA) is 21.3 Å². The minimum atomic E-state index is 0.573. The molecule has 0 aliphatic heterocycles. The van der Waals surface area contributed by atoms with Crippen molar-refractivity contribution >= 4 is 0 Å². The number of benzene rings is 1. The minimum Gasteiger partial charge on any atom is -0.381 e. The molecule has 0 heterocycles. The van der Waals surface area contributed by atoms with Crippen molar-refractivity contribution in [1.82, 2.24) is 5.32 Å². The van der Waals surface area contributed by atoms with Gasteiger partial charge in [0, 0.05) is 13.2 Å². The molecule has 1 aromatic carbocycles. The zero-order valence-corrected chi connectivity index (χ0v) is 11.1. The van der Waals surface area contributed by atoms with Gasteiger partial charge < -0.3 is 10.1 Å². The molecule has 0 saturated carbocycles. The monoisotopic (exact) mass is 235 g/mol. The Kier molecular flexibility index (Phi) is 7.69. The van der Waals surface area contributed by atoms with Crippen LogP contribution in [-0.2, 0) is 11.2 Å². The molecule has 0 saturated heterocycles. The van der Waals surface area contributed by atoms with Crippen LogP contribution in [0, 0.1) is 5.92 Å². The second-order valence-corrected chi connectivity index (χ2v) is 4.42. The minimum absolute atomic E-state index is 0.573. The smallest absolute Gasteiger partial charge is 0.0509 e. The molecule has 1 atom stereocenters.